The number of hydrogen-bond donors (Lipinski definition) is 1. The number of sulfone groups is 1. The molecule has 0 spiro atoms. The number of nitrogens with one attached hydrogen (secondary N) is 1. The van der Waals surface area contributed by atoms with Crippen molar-refractivity contribution in [2.45, 2.75) is 46.0 Å². The van der Waals surface area contributed by atoms with Crippen LogP contribution in [0.4, 0.5) is 0 Å². The van der Waals surface area contributed by atoms with Gasteiger partial charge in [0.15, 0.2) is 0 Å². The van der Waals surface area contributed by atoms with Crippen molar-refractivity contribution in [3.63, 3.8) is 0 Å². The minimum atomic E-state index is -2.81. The van der Waals surface area contributed by atoms with E-state index in [0.29, 0.717) is 6.54 Å². The molecule has 0 amide bonds. The molecule has 0 aromatic heterocycles. The fourth-order valence-corrected chi connectivity index (χ4v) is 2.25. The fourth-order valence-electron chi connectivity index (χ4n) is 1.73. The topological polar surface area (TPSA) is 46.2 Å². The summed E-state index contributed by atoms with van der Waals surface area (Å²) in [5.41, 5.74) is 0. The third-order valence-corrected chi connectivity index (χ3v) is 3.87. The summed E-state index contributed by atoms with van der Waals surface area (Å²) in [6.45, 7) is 5.98. The van der Waals surface area contributed by atoms with Crippen LogP contribution in [0.5, 0.6) is 0 Å². The maximum Gasteiger partial charge on any atom is 0.148 e. The zero-order valence-electron chi connectivity index (χ0n) is 11.0. The van der Waals surface area contributed by atoms with Crippen molar-refractivity contribution >= 4 is 9.84 Å². The summed E-state index contributed by atoms with van der Waals surface area (Å²) in [6, 6.07) is 0. The molecule has 0 saturated heterocycles. The molecular weight excluding hydrogens is 222 g/mol. The van der Waals surface area contributed by atoms with Gasteiger partial charge in [-0.1, -0.05) is 39.5 Å². The van der Waals surface area contributed by atoms with E-state index in [1.807, 2.05) is 0 Å². The van der Waals surface area contributed by atoms with E-state index >= 15 is 0 Å². The zero-order valence-corrected chi connectivity index (χ0v) is 11.8. The van der Waals surface area contributed by atoms with Crippen LogP contribution in [0.2, 0.25) is 0 Å². The summed E-state index contributed by atoms with van der Waals surface area (Å²) in [5, 5.41) is 3.20. The first-order valence-corrected chi connectivity index (χ1v) is 8.44. The van der Waals surface area contributed by atoms with Gasteiger partial charge >= 0.3 is 0 Å². The molecule has 0 fully saturated rings. The van der Waals surface area contributed by atoms with E-state index in [1.165, 1.54) is 38.4 Å². The molecule has 0 heterocycles. The third-order valence-electron chi connectivity index (χ3n) is 2.92. The molecule has 0 aromatic carbocycles. The van der Waals surface area contributed by atoms with Gasteiger partial charge in [0.25, 0.3) is 0 Å². The lowest BCUT2D eigenvalue weighted by Crippen LogP contribution is -2.24. The van der Waals surface area contributed by atoms with Gasteiger partial charge in [-0.25, -0.2) is 8.42 Å². The van der Waals surface area contributed by atoms with Gasteiger partial charge < -0.3 is 5.32 Å². The second kappa shape index (κ2) is 8.99. The van der Waals surface area contributed by atoms with Crippen molar-refractivity contribution in [3.05, 3.63) is 0 Å². The standard InChI is InChI=1S/C12H27NO2S/c1-4-6-7-12(5-2)8-9-13-10-11-16(3,14)15/h12-13H,4-11H2,1-3H3. The highest BCUT2D eigenvalue weighted by atomic mass is 32.2. The van der Waals surface area contributed by atoms with Crippen LogP contribution in [-0.2, 0) is 9.84 Å². The van der Waals surface area contributed by atoms with Crippen LogP contribution in [-0.4, -0.2) is 33.5 Å². The summed E-state index contributed by atoms with van der Waals surface area (Å²) in [5.74, 6) is 1.05. The summed E-state index contributed by atoms with van der Waals surface area (Å²) in [7, 11) is -2.81. The van der Waals surface area contributed by atoms with Crippen molar-refractivity contribution < 1.29 is 8.42 Å². The number of unbranched alkanes of at least 4 members (excludes halogenated alkanes) is 1. The van der Waals surface area contributed by atoms with E-state index in [0.717, 1.165) is 12.5 Å². The molecular formula is C12H27NO2S. The molecule has 3 nitrogen and oxygen atoms in total. The van der Waals surface area contributed by atoms with E-state index < -0.39 is 9.84 Å². The van der Waals surface area contributed by atoms with Crippen LogP contribution in [0, 0.1) is 5.92 Å². The lowest BCUT2D eigenvalue weighted by molar-refractivity contribution is 0.412. The van der Waals surface area contributed by atoms with E-state index in [4.69, 9.17) is 0 Å². The highest BCUT2D eigenvalue weighted by molar-refractivity contribution is 7.90. The maximum absolute atomic E-state index is 10.9. The number of hydrogen-bond acceptors (Lipinski definition) is 3. The molecule has 1 atom stereocenters. The second-order valence-corrected chi connectivity index (χ2v) is 6.84. The lowest BCUT2D eigenvalue weighted by Gasteiger charge is -2.14. The first-order valence-electron chi connectivity index (χ1n) is 6.38. The molecule has 98 valence electrons. The molecule has 1 N–H and O–H groups in total. The Bertz CT molecular complexity index is 250. The average Bonchev–Trinajstić information content (AvgIpc) is 2.20. The first kappa shape index (κ1) is 15.9. The minimum absolute atomic E-state index is 0.249. The van der Waals surface area contributed by atoms with Gasteiger partial charge in [-0.15, -0.1) is 0 Å². The Morgan fingerprint density at radius 3 is 2.31 bits per heavy atom. The predicted octanol–water partition coefficient (Wildman–Crippen LogP) is 2.23. The molecule has 0 aliphatic rings. The molecule has 0 saturated carbocycles. The number of rotatable bonds is 10. The average molecular weight is 249 g/mol. The van der Waals surface area contributed by atoms with Crippen LogP contribution in [0.15, 0.2) is 0 Å². The maximum atomic E-state index is 10.9. The van der Waals surface area contributed by atoms with Gasteiger partial charge in [-0.05, 0) is 18.9 Å². The van der Waals surface area contributed by atoms with Crippen LogP contribution in [0.3, 0.4) is 0 Å². The molecule has 0 radical (unpaired) electrons. The quantitative estimate of drug-likeness (QED) is 0.604. The van der Waals surface area contributed by atoms with Crippen molar-refractivity contribution in [1.29, 1.82) is 0 Å². The Morgan fingerprint density at radius 1 is 1.12 bits per heavy atom. The molecule has 0 rings (SSSR count). The van der Waals surface area contributed by atoms with E-state index in [9.17, 15) is 8.42 Å². The monoisotopic (exact) mass is 249 g/mol. The summed E-state index contributed by atoms with van der Waals surface area (Å²) in [6.07, 6.45) is 7.55. The first-order chi connectivity index (χ1) is 7.49. The van der Waals surface area contributed by atoms with Gasteiger partial charge in [0, 0.05) is 12.8 Å². The van der Waals surface area contributed by atoms with Gasteiger partial charge in [-0.2, -0.15) is 0 Å². The van der Waals surface area contributed by atoms with Gasteiger partial charge in [-0.3, -0.25) is 0 Å². The van der Waals surface area contributed by atoms with Gasteiger partial charge in [0.1, 0.15) is 9.84 Å². The Labute approximate surface area is 101 Å². The fraction of sp³-hybridized carbons (Fsp3) is 1.00. The molecule has 0 aliphatic heterocycles. The van der Waals surface area contributed by atoms with Crippen LogP contribution < -0.4 is 5.32 Å². The molecule has 0 bridgehead atoms. The van der Waals surface area contributed by atoms with Crippen LogP contribution in [0.1, 0.15) is 46.0 Å². The molecule has 16 heavy (non-hydrogen) atoms. The summed E-state index contributed by atoms with van der Waals surface area (Å²) < 4.78 is 21.8. The minimum Gasteiger partial charge on any atom is -0.316 e. The highest BCUT2D eigenvalue weighted by Gasteiger charge is 2.05. The largest absolute Gasteiger partial charge is 0.316 e. The normalized spacial score (nSPS) is 13.9. The van der Waals surface area contributed by atoms with E-state index in [1.54, 1.807) is 0 Å². The molecule has 1 unspecified atom stereocenters. The van der Waals surface area contributed by atoms with Gasteiger partial charge in [0.2, 0.25) is 0 Å². The highest BCUT2D eigenvalue weighted by Crippen LogP contribution is 2.15. The van der Waals surface area contributed by atoms with Crippen molar-refractivity contribution in [2.75, 3.05) is 25.1 Å². The Hall–Kier alpha value is -0.0900. The zero-order chi connectivity index (χ0) is 12.4. The molecule has 4 heteroatoms. The van der Waals surface area contributed by atoms with E-state index in [-0.39, 0.29) is 5.75 Å². The second-order valence-electron chi connectivity index (χ2n) is 4.59. The lowest BCUT2D eigenvalue weighted by atomic mass is 9.96. The van der Waals surface area contributed by atoms with Crippen molar-refractivity contribution in [3.8, 4) is 0 Å². The summed E-state index contributed by atoms with van der Waals surface area (Å²) >= 11 is 0. The predicted molar refractivity (Wildman–Crippen MR) is 70.5 cm³/mol. The van der Waals surface area contributed by atoms with Crippen LogP contribution >= 0.6 is 0 Å². The van der Waals surface area contributed by atoms with E-state index in [2.05, 4.69) is 19.2 Å². The van der Waals surface area contributed by atoms with Crippen LogP contribution in [0.25, 0.3) is 0 Å². The Morgan fingerprint density at radius 2 is 1.81 bits per heavy atom. The van der Waals surface area contributed by atoms with Gasteiger partial charge in [0.05, 0.1) is 5.75 Å². The molecule has 0 aliphatic carbocycles. The SMILES string of the molecule is CCCCC(CC)CCNCCS(C)(=O)=O. The molecule has 0 aromatic rings. The Kier molecular flexibility index (Phi) is 8.94. The Balaban J connectivity index is 3.48. The van der Waals surface area contributed by atoms with Crippen molar-refractivity contribution in [1.82, 2.24) is 5.32 Å². The smallest absolute Gasteiger partial charge is 0.148 e. The summed E-state index contributed by atoms with van der Waals surface area (Å²) in [4.78, 5) is 0. The third kappa shape index (κ3) is 10.4. The van der Waals surface area contributed by atoms with Crippen molar-refractivity contribution in [2.24, 2.45) is 5.92 Å².